The molecule has 0 spiro atoms. The van der Waals surface area contributed by atoms with Crippen LogP contribution in [0, 0.1) is 18.6 Å². The minimum absolute atomic E-state index is 0.00935. The molecule has 0 atom stereocenters. The van der Waals surface area contributed by atoms with Crippen LogP contribution in [-0.4, -0.2) is 10.5 Å². The normalized spacial score (nSPS) is 10.9. The summed E-state index contributed by atoms with van der Waals surface area (Å²) < 4.78 is 33.7. The number of anilines is 1. The Bertz CT molecular complexity index is 1140. The number of hydrogen-bond acceptors (Lipinski definition) is 3. The second-order valence-electron chi connectivity index (χ2n) is 6.19. The monoisotopic (exact) mass is 396 g/mol. The number of aryl methyl sites for hydroxylation is 1. The molecule has 0 saturated heterocycles. The van der Waals surface area contributed by atoms with E-state index in [9.17, 15) is 18.4 Å². The summed E-state index contributed by atoms with van der Waals surface area (Å²) in [7, 11) is 0. The average Bonchev–Trinajstić information content (AvgIpc) is 2.69. The Morgan fingerprint density at radius 3 is 2.45 bits per heavy atom. The molecule has 3 rings (SSSR count). The van der Waals surface area contributed by atoms with E-state index >= 15 is 0 Å². The minimum Gasteiger partial charge on any atom is -0.462 e. The molecule has 29 heavy (non-hydrogen) atoms. The maximum atomic E-state index is 14.1. The number of rotatable bonds is 5. The molecule has 0 bridgehead atoms. The van der Waals surface area contributed by atoms with Crippen LogP contribution in [-0.2, 0) is 0 Å². The van der Waals surface area contributed by atoms with Gasteiger partial charge in [-0.15, -0.1) is 0 Å². The van der Waals surface area contributed by atoms with E-state index in [0.29, 0.717) is 11.4 Å². The van der Waals surface area contributed by atoms with Crippen LogP contribution in [0.5, 0.6) is 5.75 Å². The summed E-state index contributed by atoms with van der Waals surface area (Å²) in [4.78, 5) is 25.5. The zero-order chi connectivity index (χ0) is 21.0. The van der Waals surface area contributed by atoms with Crippen LogP contribution in [0.1, 0.15) is 23.0 Å². The Hall–Kier alpha value is -3.74. The molecule has 1 amide bonds. The highest BCUT2D eigenvalue weighted by molar-refractivity contribution is 6.04. The fourth-order valence-electron chi connectivity index (χ4n) is 2.73. The Balaban J connectivity index is 1.90. The third-order valence-electron chi connectivity index (χ3n) is 4.13. The van der Waals surface area contributed by atoms with Crippen LogP contribution >= 0.6 is 0 Å². The Morgan fingerprint density at radius 1 is 1.07 bits per heavy atom. The van der Waals surface area contributed by atoms with Crippen LogP contribution < -0.4 is 15.6 Å². The highest BCUT2D eigenvalue weighted by atomic mass is 19.1. The van der Waals surface area contributed by atoms with Crippen LogP contribution in [0.25, 0.3) is 5.69 Å². The van der Waals surface area contributed by atoms with Crippen molar-refractivity contribution in [2.75, 3.05) is 5.32 Å². The molecule has 5 nitrogen and oxygen atoms in total. The van der Waals surface area contributed by atoms with E-state index in [1.54, 1.807) is 26.0 Å². The molecule has 1 N–H and O–H groups in total. The number of aromatic nitrogens is 1. The lowest BCUT2D eigenvalue weighted by molar-refractivity contribution is 0.102. The maximum absolute atomic E-state index is 14.1. The number of hydrogen-bond donors (Lipinski definition) is 1. The van der Waals surface area contributed by atoms with Crippen molar-refractivity contribution >= 4 is 11.6 Å². The molecule has 0 saturated carbocycles. The quantitative estimate of drug-likeness (QED) is 0.642. The molecule has 2 aromatic carbocycles. The van der Waals surface area contributed by atoms with E-state index in [0.717, 1.165) is 6.07 Å². The Morgan fingerprint density at radius 2 is 1.79 bits per heavy atom. The number of ether oxygens (including phenoxy) is 1. The molecule has 148 valence electrons. The summed E-state index contributed by atoms with van der Waals surface area (Å²) in [6.07, 6.45) is 2.94. The molecule has 0 aliphatic carbocycles. The van der Waals surface area contributed by atoms with Gasteiger partial charge in [0.1, 0.15) is 11.4 Å². The second-order valence-corrected chi connectivity index (χ2v) is 6.19. The van der Waals surface area contributed by atoms with Gasteiger partial charge in [-0.05, 0) is 62.4 Å². The Kier molecular flexibility index (Phi) is 5.87. The minimum atomic E-state index is -0.688. The van der Waals surface area contributed by atoms with Gasteiger partial charge in [0.15, 0.2) is 11.6 Å². The van der Waals surface area contributed by atoms with E-state index in [1.165, 1.54) is 53.3 Å². The number of pyridine rings is 1. The molecule has 1 heterocycles. The Labute approximate surface area is 165 Å². The van der Waals surface area contributed by atoms with Crippen LogP contribution in [0.4, 0.5) is 14.5 Å². The van der Waals surface area contributed by atoms with E-state index < -0.39 is 23.1 Å². The van der Waals surface area contributed by atoms with E-state index in [1.807, 2.05) is 0 Å². The van der Waals surface area contributed by atoms with E-state index in [-0.39, 0.29) is 17.0 Å². The standard InChI is InChI=1S/C22H18F2N2O3/c1-3-12-29-20-11-7-16(13-19(20)24)25-21(27)18-10-4-14(2)26(22(18)28)17-8-5-15(23)6-9-17/h3-13H,1-2H3,(H,25,27)/b12-3+. The molecule has 0 unspecified atom stereocenters. The first kappa shape index (κ1) is 20.0. The van der Waals surface area contributed by atoms with E-state index in [4.69, 9.17) is 4.74 Å². The summed E-state index contributed by atoms with van der Waals surface area (Å²) in [6.45, 7) is 3.43. The SMILES string of the molecule is C/C=C/Oc1ccc(NC(=O)c2ccc(C)n(-c3ccc(F)cc3)c2=O)cc1F. The smallest absolute Gasteiger partial charge is 0.268 e. The van der Waals surface area contributed by atoms with Gasteiger partial charge in [0.2, 0.25) is 0 Å². The number of halogens is 2. The van der Waals surface area contributed by atoms with Gasteiger partial charge in [-0.2, -0.15) is 0 Å². The van der Waals surface area contributed by atoms with Gasteiger partial charge in [-0.1, -0.05) is 6.08 Å². The molecule has 0 aliphatic rings. The van der Waals surface area contributed by atoms with Gasteiger partial charge in [0, 0.05) is 23.1 Å². The lowest BCUT2D eigenvalue weighted by Gasteiger charge is -2.12. The molecule has 0 radical (unpaired) electrons. The molecular weight excluding hydrogens is 378 g/mol. The lowest BCUT2D eigenvalue weighted by atomic mass is 10.2. The average molecular weight is 396 g/mol. The van der Waals surface area contributed by atoms with Gasteiger partial charge >= 0.3 is 0 Å². The number of carbonyl (C=O) groups excluding carboxylic acids is 1. The number of nitrogens with one attached hydrogen (secondary N) is 1. The zero-order valence-corrected chi connectivity index (χ0v) is 15.8. The predicted octanol–water partition coefficient (Wildman–Crippen LogP) is 4.59. The van der Waals surface area contributed by atoms with Crippen molar-refractivity contribution in [1.29, 1.82) is 0 Å². The first-order chi connectivity index (χ1) is 13.9. The molecule has 1 aromatic heterocycles. The van der Waals surface area contributed by atoms with Crippen LogP contribution in [0.15, 0.2) is 71.7 Å². The van der Waals surface area contributed by atoms with Crippen molar-refractivity contribution in [2.45, 2.75) is 13.8 Å². The molecular formula is C22H18F2N2O3. The molecule has 3 aromatic rings. The van der Waals surface area contributed by atoms with Crippen LogP contribution in [0.3, 0.4) is 0 Å². The number of benzene rings is 2. The van der Waals surface area contributed by atoms with Crippen molar-refractivity contribution < 1.29 is 18.3 Å². The van der Waals surface area contributed by atoms with Gasteiger partial charge < -0.3 is 10.1 Å². The topological polar surface area (TPSA) is 60.3 Å². The van der Waals surface area contributed by atoms with Crippen molar-refractivity contribution in [1.82, 2.24) is 4.57 Å². The summed E-state index contributed by atoms with van der Waals surface area (Å²) in [5.41, 5.74) is 0.487. The zero-order valence-electron chi connectivity index (χ0n) is 15.8. The maximum Gasteiger partial charge on any atom is 0.268 e. The third kappa shape index (κ3) is 4.40. The van der Waals surface area contributed by atoms with E-state index in [2.05, 4.69) is 5.32 Å². The highest BCUT2D eigenvalue weighted by Gasteiger charge is 2.16. The summed E-state index contributed by atoms with van der Waals surface area (Å²) in [6, 6.07) is 12.3. The van der Waals surface area contributed by atoms with Crippen molar-refractivity contribution in [3.05, 3.63) is 100 Å². The first-order valence-corrected chi connectivity index (χ1v) is 8.78. The van der Waals surface area contributed by atoms with Crippen molar-refractivity contribution in [2.24, 2.45) is 0 Å². The fraction of sp³-hybridized carbons (Fsp3) is 0.0909. The van der Waals surface area contributed by atoms with Gasteiger partial charge in [-0.3, -0.25) is 14.2 Å². The highest BCUT2D eigenvalue weighted by Crippen LogP contribution is 2.22. The molecule has 0 fully saturated rings. The van der Waals surface area contributed by atoms with Crippen molar-refractivity contribution in [3.8, 4) is 11.4 Å². The molecule has 0 aliphatic heterocycles. The van der Waals surface area contributed by atoms with Crippen molar-refractivity contribution in [3.63, 3.8) is 0 Å². The number of amides is 1. The number of carbonyl (C=O) groups is 1. The largest absolute Gasteiger partial charge is 0.462 e. The number of allylic oxidation sites excluding steroid dienone is 1. The summed E-state index contributed by atoms with van der Waals surface area (Å²) in [5.74, 6) is -1.77. The summed E-state index contributed by atoms with van der Waals surface area (Å²) in [5, 5.41) is 2.50. The van der Waals surface area contributed by atoms with Gasteiger partial charge in [0.25, 0.3) is 11.5 Å². The first-order valence-electron chi connectivity index (χ1n) is 8.78. The third-order valence-corrected chi connectivity index (χ3v) is 4.13. The predicted molar refractivity (Wildman–Crippen MR) is 107 cm³/mol. The fourth-order valence-corrected chi connectivity index (χ4v) is 2.73. The molecule has 7 heteroatoms. The van der Waals surface area contributed by atoms with Gasteiger partial charge in [-0.25, -0.2) is 8.78 Å². The summed E-state index contributed by atoms with van der Waals surface area (Å²) >= 11 is 0. The van der Waals surface area contributed by atoms with Gasteiger partial charge in [0.05, 0.1) is 6.26 Å². The number of nitrogens with zero attached hydrogens (tertiary/aromatic N) is 1. The lowest BCUT2D eigenvalue weighted by Crippen LogP contribution is -2.29. The van der Waals surface area contributed by atoms with Crippen LogP contribution in [0.2, 0.25) is 0 Å². The second kappa shape index (κ2) is 8.52.